The third-order valence-corrected chi connectivity index (χ3v) is 3.55. The second-order valence-corrected chi connectivity index (χ2v) is 5.74. The SMILES string of the molecule is CCCOC(=O)c1nc2ccccc2nc1Nc1ccc(OC(F)(F)F)cc1. The molecule has 1 heterocycles. The maximum atomic E-state index is 12.4. The lowest BCUT2D eigenvalue weighted by molar-refractivity contribution is -0.274. The zero-order valence-corrected chi connectivity index (χ0v) is 14.8. The van der Waals surface area contributed by atoms with Crippen molar-refractivity contribution >= 4 is 28.5 Å². The maximum Gasteiger partial charge on any atom is 0.573 e. The molecule has 0 saturated heterocycles. The lowest BCUT2D eigenvalue weighted by Gasteiger charge is -2.12. The molecule has 1 N–H and O–H groups in total. The molecule has 1 aromatic heterocycles. The summed E-state index contributed by atoms with van der Waals surface area (Å²) in [5.74, 6) is -0.853. The summed E-state index contributed by atoms with van der Waals surface area (Å²) in [4.78, 5) is 21.1. The molecule has 28 heavy (non-hydrogen) atoms. The molecule has 0 fully saturated rings. The van der Waals surface area contributed by atoms with Gasteiger partial charge in [-0.25, -0.2) is 14.8 Å². The highest BCUT2D eigenvalue weighted by atomic mass is 19.4. The van der Waals surface area contributed by atoms with Gasteiger partial charge in [0.15, 0.2) is 11.5 Å². The molecule has 3 aromatic rings. The molecule has 0 atom stereocenters. The van der Waals surface area contributed by atoms with Gasteiger partial charge in [0.2, 0.25) is 0 Å². The number of aromatic nitrogens is 2. The van der Waals surface area contributed by atoms with Gasteiger partial charge in [0.05, 0.1) is 17.6 Å². The number of esters is 1. The van der Waals surface area contributed by atoms with E-state index in [4.69, 9.17) is 4.74 Å². The van der Waals surface area contributed by atoms with E-state index in [1.807, 2.05) is 6.92 Å². The van der Waals surface area contributed by atoms with Crippen molar-refractivity contribution in [1.29, 1.82) is 0 Å². The predicted octanol–water partition coefficient (Wildman–Crippen LogP) is 4.84. The monoisotopic (exact) mass is 391 g/mol. The Morgan fingerprint density at radius 3 is 2.29 bits per heavy atom. The number of nitrogens with zero attached hydrogens (tertiary/aromatic N) is 2. The number of rotatable bonds is 6. The molecule has 0 aliphatic rings. The van der Waals surface area contributed by atoms with E-state index in [0.717, 1.165) is 12.1 Å². The van der Waals surface area contributed by atoms with Gasteiger partial charge in [0.1, 0.15) is 5.75 Å². The van der Waals surface area contributed by atoms with E-state index < -0.39 is 12.3 Å². The van der Waals surface area contributed by atoms with Crippen LogP contribution in [0, 0.1) is 0 Å². The van der Waals surface area contributed by atoms with Crippen LogP contribution >= 0.6 is 0 Å². The summed E-state index contributed by atoms with van der Waals surface area (Å²) in [5, 5.41) is 2.90. The third-order valence-electron chi connectivity index (χ3n) is 3.55. The summed E-state index contributed by atoms with van der Waals surface area (Å²) < 4.78 is 45.8. The summed E-state index contributed by atoms with van der Waals surface area (Å²) in [6, 6.07) is 12.0. The molecule has 0 bridgehead atoms. The van der Waals surface area contributed by atoms with Crippen molar-refractivity contribution in [1.82, 2.24) is 9.97 Å². The van der Waals surface area contributed by atoms with E-state index in [-0.39, 0.29) is 23.9 Å². The molecular weight excluding hydrogens is 375 g/mol. The summed E-state index contributed by atoms with van der Waals surface area (Å²) in [7, 11) is 0. The average molecular weight is 391 g/mol. The summed E-state index contributed by atoms with van der Waals surface area (Å²) in [6.45, 7) is 2.10. The minimum atomic E-state index is -4.77. The van der Waals surface area contributed by atoms with Gasteiger partial charge in [-0.2, -0.15) is 0 Å². The van der Waals surface area contributed by atoms with Crippen LogP contribution in [0.3, 0.4) is 0 Å². The second-order valence-electron chi connectivity index (χ2n) is 5.74. The van der Waals surface area contributed by atoms with Crippen molar-refractivity contribution in [2.24, 2.45) is 0 Å². The fourth-order valence-corrected chi connectivity index (χ4v) is 2.37. The summed E-state index contributed by atoms with van der Waals surface area (Å²) >= 11 is 0. The Morgan fingerprint density at radius 2 is 1.68 bits per heavy atom. The van der Waals surface area contributed by atoms with Crippen molar-refractivity contribution < 1.29 is 27.4 Å². The number of anilines is 2. The molecule has 0 spiro atoms. The van der Waals surface area contributed by atoms with Crippen molar-refractivity contribution in [2.45, 2.75) is 19.7 Å². The van der Waals surface area contributed by atoms with Gasteiger partial charge in [-0.15, -0.1) is 13.2 Å². The number of carbonyl (C=O) groups is 1. The molecule has 2 aromatic carbocycles. The normalized spacial score (nSPS) is 11.3. The number of carbonyl (C=O) groups excluding carboxylic acids is 1. The van der Waals surface area contributed by atoms with E-state index in [9.17, 15) is 18.0 Å². The van der Waals surface area contributed by atoms with Gasteiger partial charge < -0.3 is 14.8 Å². The lowest BCUT2D eigenvalue weighted by atomic mass is 10.2. The van der Waals surface area contributed by atoms with E-state index in [2.05, 4.69) is 20.0 Å². The molecule has 0 aliphatic carbocycles. The molecule has 0 unspecified atom stereocenters. The van der Waals surface area contributed by atoms with Crippen molar-refractivity contribution in [3.63, 3.8) is 0 Å². The fraction of sp³-hybridized carbons (Fsp3) is 0.211. The van der Waals surface area contributed by atoms with Gasteiger partial charge in [0, 0.05) is 5.69 Å². The molecule has 0 aliphatic heterocycles. The molecular formula is C19H16F3N3O3. The maximum absolute atomic E-state index is 12.4. The minimum absolute atomic E-state index is 0.0113. The van der Waals surface area contributed by atoms with Crippen LogP contribution in [0.4, 0.5) is 24.7 Å². The Labute approximate surface area is 158 Å². The molecule has 0 amide bonds. The van der Waals surface area contributed by atoms with Crippen molar-refractivity contribution in [3.8, 4) is 5.75 Å². The Kier molecular flexibility index (Phi) is 5.62. The molecule has 146 valence electrons. The number of halogens is 3. The van der Waals surface area contributed by atoms with Crippen LogP contribution in [-0.4, -0.2) is 28.9 Å². The van der Waals surface area contributed by atoms with Gasteiger partial charge in [-0.3, -0.25) is 0 Å². The summed E-state index contributed by atoms with van der Waals surface area (Å²) in [6.07, 6.45) is -4.12. The van der Waals surface area contributed by atoms with Crippen LogP contribution in [0.1, 0.15) is 23.8 Å². The Bertz CT molecular complexity index is 976. The minimum Gasteiger partial charge on any atom is -0.461 e. The molecule has 3 rings (SSSR count). The Morgan fingerprint density at radius 1 is 1.04 bits per heavy atom. The topological polar surface area (TPSA) is 73.3 Å². The van der Waals surface area contributed by atoms with Gasteiger partial charge in [-0.05, 0) is 42.8 Å². The number of nitrogens with one attached hydrogen (secondary N) is 1. The van der Waals surface area contributed by atoms with E-state index >= 15 is 0 Å². The van der Waals surface area contributed by atoms with Gasteiger partial charge in [0.25, 0.3) is 0 Å². The highest BCUT2D eigenvalue weighted by Crippen LogP contribution is 2.26. The fourth-order valence-electron chi connectivity index (χ4n) is 2.37. The average Bonchev–Trinajstić information content (AvgIpc) is 2.66. The number of ether oxygens (including phenoxy) is 2. The number of alkyl halides is 3. The highest BCUT2D eigenvalue weighted by Gasteiger charge is 2.31. The Balaban J connectivity index is 1.91. The highest BCUT2D eigenvalue weighted by molar-refractivity contribution is 5.96. The van der Waals surface area contributed by atoms with E-state index in [1.54, 1.807) is 24.3 Å². The Hall–Kier alpha value is -3.36. The molecule has 0 radical (unpaired) electrons. The first kappa shape index (κ1) is 19.4. The first-order chi connectivity index (χ1) is 13.4. The van der Waals surface area contributed by atoms with Crippen LogP contribution in [0.15, 0.2) is 48.5 Å². The lowest BCUT2D eigenvalue weighted by Crippen LogP contribution is -2.17. The zero-order chi connectivity index (χ0) is 20.1. The molecule has 0 saturated carbocycles. The van der Waals surface area contributed by atoms with Crippen LogP contribution in [0.5, 0.6) is 5.75 Å². The molecule has 6 nitrogen and oxygen atoms in total. The van der Waals surface area contributed by atoms with Crippen molar-refractivity contribution in [3.05, 3.63) is 54.2 Å². The van der Waals surface area contributed by atoms with Crippen LogP contribution < -0.4 is 10.1 Å². The quantitative estimate of drug-likeness (QED) is 0.606. The first-order valence-electron chi connectivity index (χ1n) is 8.42. The van der Waals surface area contributed by atoms with E-state index in [0.29, 0.717) is 23.1 Å². The predicted molar refractivity (Wildman–Crippen MR) is 96.5 cm³/mol. The number of para-hydroxylation sites is 2. The standard InChI is InChI=1S/C19H16F3N3O3/c1-2-11-27-18(26)16-17(25-15-6-4-3-5-14(15)24-16)23-12-7-9-13(10-8-12)28-19(20,21)22/h3-10H,2,11H2,1H3,(H,23,25). The zero-order valence-electron chi connectivity index (χ0n) is 14.8. The van der Waals surface area contributed by atoms with Crippen LogP contribution in [-0.2, 0) is 4.74 Å². The third kappa shape index (κ3) is 4.87. The van der Waals surface area contributed by atoms with Gasteiger partial charge >= 0.3 is 12.3 Å². The van der Waals surface area contributed by atoms with Crippen LogP contribution in [0.2, 0.25) is 0 Å². The number of hydrogen-bond acceptors (Lipinski definition) is 6. The van der Waals surface area contributed by atoms with E-state index in [1.165, 1.54) is 12.1 Å². The number of hydrogen-bond donors (Lipinski definition) is 1. The summed E-state index contributed by atoms with van der Waals surface area (Å²) in [5.41, 5.74) is 1.46. The van der Waals surface area contributed by atoms with Crippen LogP contribution in [0.25, 0.3) is 11.0 Å². The largest absolute Gasteiger partial charge is 0.573 e. The molecule has 9 heteroatoms. The smallest absolute Gasteiger partial charge is 0.461 e. The number of benzene rings is 2. The first-order valence-corrected chi connectivity index (χ1v) is 8.42. The second kappa shape index (κ2) is 8.12. The van der Waals surface area contributed by atoms with Crippen molar-refractivity contribution in [2.75, 3.05) is 11.9 Å². The van der Waals surface area contributed by atoms with Gasteiger partial charge in [-0.1, -0.05) is 19.1 Å². The number of fused-ring (bicyclic) bond motifs is 1.